The minimum absolute atomic E-state index is 0.00540. The van der Waals surface area contributed by atoms with Crippen molar-refractivity contribution in [1.29, 1.82) is 0 Å². The number of pyridine rings is 1. The highest BCUT2D eigenvalue weighted by Crippen LogP contribution is 2.43. The number of nitrogens with zero attached hydrogens (tertiary/aromatic N) is 3. The van der Waals surface area contributed by atoms with Crippen molar-refractivity contribution in [2.75, 3.05) is 11.7 Å². The Labute approximate surface area is 233 Å². The molecule has 0 saturated carbocycles. The number of rotatable bonds is 6. The molecule has 0 saturated heterocycles. The Balaban J connectivity index is 1.74. The maximum Gasteiger partial charge on any atom is 0.408 e. The highest BCUT2D eigenvalue weighted by atomic mass is 32.2. The van der Waals surface area contributed by atoms with Gasteiger partial charge >= 0.3 is 12.1 Å². The zero-order valence-corrected chi connectivity index (χ0v) is 22.8. The summed E-state index contributed by atoms with van der Waals surface area (Å²) in [4.78, 5) is 40.8. The van der Waals surface area contributed by atoms with Crippen LogP contribution < -0.4 is 15.2 Å². The molecule has 3 heterocycles. The molecule has 2 atom stereocenters. The van der Waals surface area contributed by atoms with Gasteiger partial charge in [-0.15, -0.1) is 11.8 Å². The molecule has 0 aliphatic carbocycles. The van der Waals surface area contributed by atoms with E-state index in [0.29, 0.717) is 23.5 Å². The average Bonchev–Trinajstić information content (AvgIpc) is 3.10. The summed E-state index contributed by atoms with van der Waals surface area (Å²) in [6.45, 7) is 2.37. The summed E-state index contributed by atoms with van der Waals surface area (Å²) in [5.41, 5.74) is 1.53. The predicted molar refractivity (Wildman–Crippen MR) is 145 cm³/mol. The molecule has 0 bridgehead atoms. The summed E-state index contributed by atoms with van der Waals surface area (Å²) in [7, 11) is 0. The van der Waals surface area contributed by atoms with Gasteiger partial charge < -0.3 is 9.64 Å². The van der Waals surface area contributed by atoms with Crippen LogP contribution in [0.1, 0.15) is 66.3 Å². The summed E-state index contributed by atoms with van der Waals surface area (Å²) < 4.78 is 48.9. The van der Waals surface area contributed by atoms with Crippen LogP contribution in [-0.4, -0.2) is 40.3 Å². The summed E-state index contributed by atoms with van der Waals surface area (Å²) in [5, 5.41) is 1.63. The van der Waals surface area contributed by atoms with Crippen molar-refractivity contribution < 1.29 is 27.5 Å². The van der Waals surface area contributed by atoms with E-state index in [0.717, 1.165) is 28.5 Å². The number of unbranched alkanes of at least 4 members (excludes halogenated alkanes) is 1. The Morgan fingerprint density at radius 2 is 1.77 bits per heavy atom. The summed E-state index contributed by atoms with van der Waals surface area (Å²) in [6.07, 6.45) is -2.17. The Bertz CT molecular complexity index is 1460. The number of amides is 1. The maximum atomic E-state index is 14.1. The number of ether oxygens (including phenoxy) is 1. The van der Waals surface area contributed by atoms with E-state index < -0.39 is 53.7 Å². The van der Waals surface area contributed by atoms with Crippen LogP contribution in [0.4, 0.5) is 13.2 Å². The van der Waals surface area contributed by atoms with Gasteiger partial charge in [-0.3, -0.25) is 24.1 Å². The molecular weight excluding hydrogens is 543 g/mol. The zero-order chi connectivity index (χ0) is 28.6. The lowest BCUT2D eigenvalue weighted by Crippen LogP contribution is -2.60. The number of thioether (sulfide) groups is 1. The van der Waals surface area contributed by atoms with E-state index in [4.69, 9.17) is 4.74 Å². The molecule has 5 rings (SSSR count). The second kappa shape index (κ2) is 11.0. The molecule has 2 aliphatic heterocycles. The molecule has 0 fully saturated rings. The molecule has 0 N–H and O–H groups in total. The van der Waals surface area contributed by atoms with Gasteiger partial charge in [-0.25, -0.2) is 0 Å². The van der Waals surface area contributed by atoms with Crippen LogP contribution in [0.15, 0.2) is 70.5 Å². The third-order valence-electron chi connectivity index (χ3n) is 7.21. The molecule has 2 aliphatic rings. The highest BCUT2D eigenvalue weighted by molar-refractivity contribution is 7.98. The lowest BCUT2D eigenvalue weighted by molar-refractivity contribution is -0.173. The minimum atomic E-state index is -4.73. The normalized spacial score (nSPS) is 17.4. The second-order valence-electron chi connectivity index (χ2n) is 9.78. The van der Waals surface area contributed by atoms with Crippen molar-refractivity contribution in [2.45, 2.75) is 62.0 Å². The van der Waals surface area contributed by atoms with Crippen molar-refractivity contribution in [3.8, 4) is 5.75 Å². The molecule has 7 nitrogen and oxygen atoms in total. The first-order valence-electron chi connectivity index (χ1n) is 13.0. The quantitative estimate of drug-likeness (QED) is 0.357. The SMILES string of the molecule is CCCCC(=O)Oc1c2n(ccc1=O)N([C@H]1c3ccccc3CSc3ccccc31)CN([C@H](C)C(F)(F)F)C2=O. The van der Waals surface area contributed by atoms with Crippen molar-refractivity contribution in [2.24, 2.45) is 0 Å². The van der Waals surface area contributed by atoms with E-state index >= 15 is 0 Å². The molecular formula is C29H28F3N3O4S. The molecule has 210 valence electrons. The van der Waals surface area contributed by atoms with Gasteiger partial charge in [-0.05, 0) is 36.1 Å². The Morgan fingerprint density at radius 3 is 2.50 bits per heavy atom. The van der Waals surface area contributed by atoms with E-state index in [2.05, 4.69) is 0 Å². The van der Waals surface area contributed by atoms with E-state index in [1.807, 2.05) is 55.5 Å². The van der Waals surface area contributed by atoms with E-state index in [1.165, 1.54) is 16.9 Å². The zero-order valence-electron chi connectivity index (χ0n) is 22.0. The standard InChI is InChI=1S/C29H28F3N3O4S/c1-3-4-13-24(37)39-27-22(36)14-15-34-26(27)28(38)33(18(2)29(30,31)32)17-35(34)25-20-10-6-5-9-19(20)16-40-23-12-8-7-11-21(23)25/h5-12,14-15,18,25H,3-4,13,16-17H2,1-2H3/t18-,25+/m1/s1. The van der Waals surface area contributed by atoms with Gasteiger partial charge in [-0.2, -0.15) is 13.2 Å². The van der Waals surface area contributed by atoms with Crippen LogP contribution in [0.3, 0.4) is 0 Å². The van der Waals surface area contributed by atoms with Crippen molar-refractivity contribution >= 4 is 23.6 Å². The molecule has 1 aromatic heterocycles. The van der Waals surface area contributed by atoms with Gasteiger partial charge in [0.2, 0.25) is 11.2 Å². The molecule has 2 aromatic carbocycles. The monoisotopic (exact) mass is 571 g/mol. The summed E-state index contributed by atoms with van der Waals surface area (Å²) in [6, 6.07) is 13.7. The number of esters is 1. The van der Waals surface area contributed by atoms with E-state index in [9.17, 15) is 27.6 Å². The lowest BCUT2D eigenvalue weighted by Gasteiger charge is -2.46. The second-order valence-corrected chi connectivity index (χ2v) is 10.8. The number of carbonyl (C=O) groups is 2. The predicted octanol–water partition coefficient (Wildman–Crippen LogP) is 5.64. The third kappa shape index (κ3) is 5.10. The fourth-order valence-corrected chi connectivity index (χ4v) is 6.12. The van der Waals surface area contributed by atoms with Crippen LogP contribution in [0.5, 0.6) is 5.75 Å². The number of hydrogen-bond acceptors (Lipinski definition) is 6. The number of alkyl halides is 3. The minimum Gasteiger partial charge on any atom is -0.420 e. The van der Waals surface area contributed by atoms with Crippen LogP contribution in [0.2, 0.25) is 0 Å². The molecule has 0 radical (unpaired) electrons. The summed E-state index contributed by atoms with van der Waals surface area (Å²) >= 11 is 1.62. The molecule has 1 amide bonds. The highest BCUT2D eigenvalue weighted by Gasteiger charge is 2.48. The molecule has 0 spiro atoms. The van der Waals surface area contributed by atoms with Gasteiger partial charge in [0.1, 0.15) is 12.7 Å². The first-order valence-corrected chi connectivity index (χ1v) is 14.0. The Kier molecular flexibility index (Phi) is 7.67. The fourth-order valence-electron chi connectivity index (χ4n) is 5.02. The van der Waals surface area contributed by atoms with Gasteiger partial charge in [0, 0.05) is 29.3 Å². The molecule has 11 heteroatoms. The smallest absolute Gasteiger partial charge is 0.408 e. The van der Waals surface area contributed by atoms with Crippen LogP contribution in [0, 0.1) is 0 Å². The number of halogens is 3. The maximum absolute atomic E-state index is 14.1. The first-order chi connectivity index (χ1) is 19.1. The number of hydrogen-bond donors (Lipinski definition) is 0. The Morgan fingerprint density at radius 1 is 1.07 bits per heavy atom. The topological polar surface area (TPSA) is 71.8 Å². The average molecular weight is 572 g/mol. The Hall–Kier alpha value is -3.73. The van der Waals surface area contributed by atoms with Gasteiger partial charge in [-0.1, -0.05) is 55.8 Å². The largest absolute Gasteiger partial charge is 0.420 e. The number of benzene rings is 2. The number of aromatic nitrogens is 1. The van der Waals surface area contributed by atoms with E-state index in [-0.39, 0.29) is 6.42 Å². The van der Waals surface area contributed by atoms with Crippen molar-refractivity contribution in [3.63, 3.8) is 0 Å². The van der Waals surface area contributed by atoms with Crippen molar-refractivity contribution in [1.82, 2.24) is 9.58 Å². The lowest BCUT2D eigenvalue weighted by atomic mass is 9.94. The van der Waals surface area contributed by atoms with Crippen LogP contribution >= 0.6 is 11.8 Å². The van der Waals surface area contributed by atoms with Crippen LogP contribution in [-0.2, 0) is 10.5 Å². The number of fused-ring (bicyclic) bond motifs is 3. The first kappa shape index (κ1) is 27.8. The van der Waals surface area contributed by atoms with Crippen LogP contribution in [0.25, 0.3) is 0 Å². The molecule has 3 aromatic rings. The van der Waals surface area contributed by atoms with Gasteiger partial charge in [0.15, 0.2) is 5.69 Å². The summed E-state index contributed by atoms with van der Waals surface area (Å²) in [5.74, 6) is -1.69. The van der Waals surface area contributed by atoms with Crippen molar-refractivity contribution in [3.05, 3.63) is 93.4 Å². The van der Waals surface area contributed by atoms with Gasteiger partial charge in [0.05, 0.1) is 6.04 Å². The van der Waals surface area contributed by atoms with E-state index in [1.54, 1.807) is 16.8 Å². The fraction of sp³-hybridized carbons (Fsp3) is 0.345. The molecule has 0 unspecified atom stereocenters. The number of carbonyl (C=O) groups excluding carboxylic acids is 2. The van der Waals surface area contributed by atoms with Gasteiger partial charge in [0.25, 0.3) is 5.91 Å². The molecule has 40 heavy (non-hydrogen) atoms. The third-order valence-corrected chi connectivity index (χ3v) is 8.35.